The van der Waals surface area contributed by atoms with E-state index in [1.54, 1.807) is 6.92 Å². The van der Waals surface area contributed by atoms with Crippen molar-refractivity contribution in [1.29, 1.82) is 0 Å². The first-order valence-electron chi connectivity index (χ1n) is 2.58. The summed E-state index contributed by atoms with van der Waals surface area (Å²) in [5.41, 5.74) is 0. The maximum Gasteiger partial charge on any atom is 0.335 e. The maximum atomic E-state index is 10.3. The molecular formula is C5H8O3. The quantitative estimate of drug-likeness (QED) is 0.441. The molecule has 0 aromatic carbocycles. The van der Waals surface area contributed by atoms with Gasteiger partial charge in [-0.2, -0.15) is 0 Å². The highest BCUT2D eigenvalue weighted by atomic mass is 16.6. The third-order valence-electron chi connectivity index (χ3n) is 1.14. The first-order valence-corrected chi connectivity index (χ1v) is 2.58. The van der Waals surface area contributed by atoms with Gasteiger partial charge in [0.1, 0.15) is 6.10 Å². The lowest BCUT2D eigenvalue weighted by Crippen LogP contribution is -2.11. The second-order valence-electron chi connectivity index (χ2n) is 2.00. The van der Waals surface area contributed by atoms with E-state index < -0.39 is 12.1 Å². The normalized spacial score (nSPS) is 37.5. The number of aliphatic hydroxyl groups excluding tert-OH is 1. The lowest BCUT2D eigenvalue weighted by molar-refractivity contribution is -0.146. The summed E-state index contributed by atoms with van der Waals surface area (Å²) >= 11 is 0. The fourth-order valence-electron chi connectivity index (χ4n) is 0.736. The predicted octanol–water partition coefficient (Wildman–Crippen LogP) is -0.317. The molecule has 0 radical (unpaired) electrons. The van der Waals surface area contributed by atoms with E-state index in [-0.39, 0.29) is 6.10 Å². The summed E-state index contributed by atoms with van der Waals surface area (Å²) in [7, 11) is 0. The molecule has 0 aromatic heterocycles. The Kier molecular flexibility index (Phi) is 1.21. The summed E-state index contributed by atoms with van der Waals surface area (Å²) < 4.78 is 4.58. The van der Waals surface area contributed by atoms with Gasteiger partial charge in [0, 0.05) is 6.42 Å². The first-order chi connectivity index (χ1) is 3.70. The molecule has 0 aromatic rings. The van der Waals surface area contributed by atoms with Gasteiger partial charge in [0.2, 0.25) is 0 Å². The summed E-state index contributed by atoms with van der Waals surface area (Å²) in [6.45, 7) is 1.76. The van der Waals surface area contributed by atoms with Gasteiger partial charge in [-0.15, -0.1) is 0 Å². The van der Waals surface area contributed by atoms with E-state index in [1.165, 1.54) is 0 Å². The molecular weight excluding hydrogens is 108 g/mol. The van der Waals surface area contributed by atoms with Crippen molar-refractivity contribution in [2.24, 2.45) is 0 Å². The minimum Gasteiger partial charge on any atom is -0.461 e. The Morgan fingerprint density at radius 3 is 2.62 bits per heavy atom. The minimum absolute atomic E-state index is 0.0995. The second-order valence-corrected chi connectivity index (χ2v) is 2.00. The monoisotopic (exact) mass is 116 g/mol. The molecule has 3 heteroatoms. The van der Waals surface area contributed by atoms with Gasteiger partial charge >= 0.3 is 5.97 Å². The van der Waals surface area contributed by atoms with Crippen LogP contribution in [-0.4, -0.2) is 23.3 Å². The van der Waals surface area contributed by atoms with Gasteiger partial charge in [-0.25, -0.2) is 4.79 Å². The average molecular weight is 116 g/mol. The maximum absolute atomic E-state index is 10.3. The van der Waals surface area contributed by atoms with Crippen molar-refractivity contribution >= 4 is 5.97 Å². The lowest BCUT2D eigenvalue weighted by Gasteiger charge is -1.94. The fraction of sp³-hybridized carbons (Fsp3) is 0.800. The molecule has 0 spiro atoms. The number of ether oxygens (including phenoxy) is 1. The van der Waals surface area contributed by atoms with E-state index in [4.69, 9.17) is 5.11 Å². The third kappa shape index (κ3) is 0.816. The Hall–Kier alpha value is -0.570. The largest absolute Gasteiger partial charge is 0.461 e. The molecule has 0 unspecified atom stereocenters. The van der Waals surface area contributed by atoms with Crippen LogP contribution in [0.25, 0.3) is 0 Å². The SMILES string of the molecule is C[C@@H]1C[C@H](O)C(=O)O1. The molecule has 46 valence electrons. The van der Waals surface area contributed by atoms with Crippen molar-refractivity contribution in [3.05, 3.63) is 0 Å². The molecule has 0 amide bonds. The van der Waals surface area contributed by atoms with Gasteiger partial charge in [-0.3, -0.25) is 0 Å². The van der Waals surface area contributed by atoms with Crippen molar-refractivity contribution in [3.63, 3.8) is 0 Å². The van der Waals surface area contributed by atoms with Gasteiger partial charge in [-0.05, 0) is 6.92 Å². The van der Waals surface area contributed by atoms with Gasteiger partial charge in [0.15, 0.2) is 6.10 Å². The number of aliphatic hydroxyl groups is 1. The van der Waals surface area contributed by atoms with Gasteiger partial charge in [-0.1, -0.05) is 0 Å². The zero-order valence-corrected chi connectivity index (χ0v) is 4.63. The van der Waals surface area contributed by atoms with Gasteiger partial charge < -0.3 is 9.84 Å². The first kappa shape index (κ1) is 5.56. The Balaban J connectivity index is 2.51. The molecule has 1 heterocycles. The number of cyclic esters (lactones) is 1. The van der Waals surface area contributed by atoms with Crippen molar-refractivity contribution in [2.45, 2.75) is 25.6 Å². The summed E-state index contributed by atoms with van der Waals surface area (Å²) in [6.07, 6.45) is -0.527. The number of hydrogen-bond donors (Lipinski definition) is 1. The lowest BCUT2D eigenvalue weighted by atomic mass is 10.2. The Morgan fingerprint density at radius 1 is 1.88 bits per heavy atom. The number of carbonyl (C=O) groups is 1. The van der Waals surface area contributed by atoms with Crippen molar-refractivity contribution < 1.29 is 14.6 Å². The molecule has 1 saturated heterocycles. The minimum atomic E-state index is -0.870. The van der Waals surface area contributed by atoms with E-state index >= 15 is 0 Å². The molecule has 8 heavy (non-hydrogen) atoms. The molecule has 1 fully saturated rings. The summed E-state index contributed by atoms with van der Waals surface area (Å²) in [5, 5.41) is 8.69. The molecule has 1 N–H and O–H groups in total. The highest BCUT2D eigenvalue weighted by molar-refractivity contribution is 5.76. The van der Waals surface area contributed by atoms with Crippen LogP contribution in [0, 0.1) is 0 Å². The third-order valence-corrected chi connectivity index (χ3v) is 1.14. The Morgan fingerprint density at radius 2 is 2.50 bits per heavy atom. The topological polar surface area (TPSA) is 46.5 Å². The highest BCUT2D eigenvalue weighted by Gasteiger charge is 2.29. The van der Waals surface area contributed by atoms with E-state index in [2.05, 4.69) is 4.74 Å². The van der Waals surface area contributed by atoms with Crippen LogP contribution in [0.3, 0.4) is 0 Å². The average Bonchev–Trinajstić information content (AvgIpc) is 1.85. The molecule has 2 atom stereocenters. The molecule has 3 nitrogen and oxygen atoms in total. The predicted molar refractivity (Wildman–Crippen MR) is 26.2 cm³/mol. The number of carbonyl (C=O) groups excluding carboxylic acids is 1. The molecule has 0 aliphatic carbocycles. The van der Waals surface area contributed by atoms with Crippen molar-refractivity contribution in [1.82, 2.24) is 0 Å². The van der Waals surface area contributed by atoms with Crippen molar-refractivity contribution in [3.8, 4) is 0 Å². The van der Waals surface area contributed by atoms with Crippen LogP contribution in [0.1, 0.15) is 13.3 Å². The van der Waals surface area contributed by atoms with Crippen LogP contribution >= 0.6 is 0 Å². The zero-order chi connectivity index (χ0) is 6.15. The summed E-state index contributed by atoms with van der Waals surface area (Å²) in [5.74, 6) is -0.488. The number of hydrogen-bond acceptors (Lipinski definition) is 3. The molecule has 1 rings (SSSR count). The Bertz CT molecular complexity index is 110. The molecule has 0 bridgehead atoms. The number of rotatable bonds is 0. The van der Waals surface area contributed by atoms with Crippen LogP contribution in [0.2, 0.25) is 0 Å². The van der Waals surface area contributed by atoms with Crippen LogP contribution < -0.4 is 0 Å². The van der Waals surface area contributed by atoms with E-state index in [1.807, 2.05) is 0 Å². The summed E-state index contributed by atoms with van der Waals surface area (Å²) in [4.78, 5) is 10.3. The molecule has 0 saturated carbocycles. The fourth-order valence-corrected chi connectivity index (χ4v) is 0.736. The second kappa shape index (κ2) is 1.74. The van der Waals surface area contributed by atoms with E-state index in [0.717, 1.165) is 0 Å². The van der Waals surface area contributed by atoms with Crippen LogP contribution in [0.5, 0.6) is 0 Å². The van der Waals surface area contributed by atoms with Crippen molar-refractivity contribution in [2.75, 3.05) is 0 Å². The van der Waals surface area contributed by atoms with Crippen LogP contribution in [0.4, 0.5) is 0 Å². The zero-order valence-electron chi connectivity index (χ0n) is 4.63. The highest BCUT2D eigenvalue weighted by Crippen LogP contribution is 2.12. The Labute approximate surface area is 47.3 Å². The smallest absolute Gasteiger partial charge is 0.335 e. The van der Waals surface area contributed by atoms with E-state index in [0.29, 0.717) is 6.42 Å². The molecule has 1 aliphatic heterocycles. The van der Waals surface area contributed by atoms with Crippen LogP contribution in [-0.2, 0) is 9.53 Å². The van der Waals surface area contributed by atoms with Crippen LogP contribution in [0.15, 0.2) is 0 Å². The van der Waals surface area contributed by atoms with Gasteiger partial charge in [0.25, 0.3) is 0 Å². The molecule has 1 aliphatic rings. The van der Waals surface area contributed by atoms with E-state index in [9.17, 15) is 4.79 Å². The standard InChI is InChI=1S/C5H8O3/c1-3-2-4(6)5(7)8-3/h3-4,6H,2H2,1H3/t3-,4+/m1/s1. The summed E-state index contributed by atoms with van der Waals surface area (Å²) in [6, 6.07) is 0. The van der Waals surface area contributed by atoms with Gasteiger partial charge in [0.05, 0.1) is 0 Å². The number of esters is 1.